The standard InChI is InChI=1S/C15H21FN2.ClH/c1-3-8-18(4-2)9-7-12-11-17-15-6-5-13(16)10-14(12)15;/h5-6,10-11,17H,3-4,7-9H2,1-2H3;1H. The summed E-state index contributed by atoms with van der Waals surface area (Å²) in [7, 11) is 0. The van der Waals surface area contributed by atoms with E-state index in [1.165, 1.54) is 18.1 Å². The molecule has 106 valence electrons. The second kappa shape index (κ2) is 7.51. The molecular weight excluding hydrogens is 263 g/mol. The third-order valence-corrected chi connectivity index (χ3v) is 3.41. The first-order valence-corrected chi connectivity index (χ1v) is 6.72. The van der Waals surface area contributed by atoms with E-state index >= 15 is 0 Å². The number of nitrogens with one attached hydrogen (secondary N) is 1. The van der Waals surface area contributed by atoms with E-state index in [9.17, 15) is 4.39 Å². The first-order chi connectivity index (χ1) is 8.74. The lowest BCUT2D eigenvalue weighted by Crippen LogP contribution is -2.26. The Morgan fingerprint density at radius 3 is 2.68 bits per heavy atom. The van der Waals surface area contributed by atoms with Gasteiger partial charge in [-0.3, -0.25) is 0 Å². The maximum atomic E-state index is 13.3. The zero-order valence-electron chi connectivity index (χ0n) is 11.6. The van der Waals surface area contributed by atoms with Crippen molar-refractivity contribution >= 4 is 23.3 Å². The van der Waals surface area contributed by atoms with E-state index in [0.717, 1.165) is 37.0 Å². The molecule has 0 atom stereocenters. The van der Waals surface area contributed by atoms with Gasteiger partial charge in [0.05, 0.1) is 0 Å². The number of likely N-dealkylation sites (N-methyl/N-ethyl adjacent to an activating group) is 1. The van der Waals surface area contributed by atoms with Gasteiger partial charge in [-0.05, 0) is 49.7 Å². The number of halogens is 2. The predicted octanol–water partition coefficient (Wildman–Crippen LogP) is 4.00. The van der Waals surface area contributed by atoms with Crippen molar-refractivity contribution in [2.75, 3.05) is 19.6 Å². The highest BCUT2D eigenvalue weighted by molar-refractivity contribution is 5.85. The molecule has 0 unspecified atom stereocenters. The Balaban J connectivity index is 0.00000180. The van der Waals surface area contributed by atoms with Crippen LogP contribution in [0.1, 0.15) is 25.8 Å². The molecule has 1 heterocycles. The number of benzene rings is 1. The highest BCUT2D eigenvalue weighted by atomic mass is 35.5. The third kappa shape index (κ3) is 3.95. The number of nitrogens with zero attached hydrogens (tertiary/aromatic N) is 1. The molecule has 0 fully saturated rings. The fourth-order valence-corrected chi connectivity index (χ4v) is 2.38. The molecule has 0 bridgehead atoms. The number of rotatable bonds is 6. The summed E-state index contributed by atoms with van der Waals surface area (Å²) >= 11 is 0. The van der Waals surface area contributed by atoms with Crippen LogP contribution in [0.15, 0.2) is 24.4 Å². The van der Waals surface area contributed by atoms with Crippen molar-refractivity contribution in [3.05, 3.63) is 35.8 Å². The number of aromatic nitrogens is 1. The molecule has 0 amide bonds. The van der Waals surface area contributed by atoms with Crippen LogP contribution in [0, 0.1) is 5.82 Å². The van der Waals surface area contributed by atoms with E-state index in [0.29, 0.717) is 0 Å². The van der Waals surface area contributed by atoms with Crippen molar-refractivity contribution in [2.45, 2.75) is 26.7 Å². The van der Waals surface area contributed by atoms with Crippen molar-refractivity contribution in [3.63, 3.8) is 0 Å². The van der Waals surface area contributed by atoms with Crippen LogP contribution in [-0.2, 0) is 6.42 Å². The number of hydrogen-bond donors (Lipinski definition) is 1. The van der Waals surface area contributed by atoms with Crippen LogP contribution >= 0.6 is 12.4 Å². The summed E-state index contributed by atoms with van der Waals surface area (Å²) in [6.07, 6.45) is 4.15. The van der Waals surface area contributed by atoms with E-state index in [1.807, 2.05) is 6.20 Å². The minimum Gasteiger partial charge on any atom is -0.361 e. The van der Waals surface area contributed by atoms with Crippen LogP contribution in [0.2, 0.25) is 0 Å². The average Bonchev–Trinajstić information content (AvgIpc) is 2.77. The normalized spacial score (nSPS) is 10.9. The lowest BCUT2D eigenvalue weighted by atomic mass is 10.1. The fourth-order valence-electron chi connectivity index (χ4n) is 2.38. The van der Waals surface area contributed by atoms with Gasteiger partial charge in [0.2, 0.25) is 0 Å². The van der Waals surface area contributed by atoms with E-state index in [-0.39, 0.29) is 18.2 Å². The molecule has 4 heteroatoms. The molecule has 0 saturated heterocycles. The Hall–Kier alpha value is -1.06. The van der Waals surface area contributed by atoms with Gasteiger partial charge in [-0.2, -0.15) is 0 Å². The molecule has 2 nitrogen and oxygen atoms in total. The summed E-state index contributed by atoms with van der Waals surface area (Å²) in [5.74, 6) is -0.163. The van der Waals surface area contributed by atoms with Crippen LogP contribution in [-0.4, -0.2) is 29.5 Å². The Morgan fingerprint density at radius 1 is 1.21 bits per heavy atom. The molecule has 2 rings (SSSR count). The minimum atomic E-state index is -0.163. The molecule has 1 N–H and O–H groups in total. The summed E-state index contributed by atoms with van der Waals surface area (Å²) in [5, 5.41) is 1.02. The largest absolute Gasteiger partial charge is 0.361 e. The predicted molar refractivity (Wildman–Crippen MR) is 81.6 cm³/mol. The lowest BCUT2D eigenvalue weighted by molar-refractivity contribution is 0.293. The molecule has 0 aliphatic rings. The van der Waals surface area contributed by atoms with Gasteiger partial charge in [-0.25, -0.2) is 4.39 Å². The van der Waals surface area contributed by atoms with E-state index in [4.69, 9.17) is 0 Å². The molecule has 0 radical (unpaired) electrons. The van der Waals surface area contributed by atoms with Gasteiger partial charge in [0.1, 0.15) is 5.82 Å². The fraction of sp³-hybridized carbons (Fsp3) is 0.467. The van der Waals surface area contributed by atoms with Crippen LogP contribution in [0.5, 0.6) is 0 Å². The summed E-state index contributed by atoms with van der Waals surface area (Å²) in [6, 6.07) is 4.92. The Labute approximate surface area is 120 Å². The summed E-state index contributed by atoms with van der Waals surface area (Å²) in [5.41, 5.74) is 2.23. The topological polar surface area (TPSA) is 19.0 Å². The van der Waals surface area contributed by atoms with Crippen molar-refractivity contribution in [1.29, 1.82) is 0 Å². The Bertz CT molecular complexity index is 510. The number of fused-ring (bicyclic) bond motifs is 1. The molecular formula is C15H22ClFN2. The number of aromatic amines is 1. The highest BCUT2D eigenvalue weighted by Crippen LogP contribution is 2.20. The van der Waals surface area contributed by atoms with Gasteiger partial charge in [0, 0.05) is 23.6 Å². The second-order valence-electron chi connectivity index (χ2n) is 4.69. The highest BCUT2D eigenvalue weighted by Gasteiger charge is 2.07. The van der Waals surface area contributed by atoms with Gasteiger partial charge >= 0.3 is 0 Å². The first-order valence-electron chi connectivity index (χ1n) is 6.72. The molecule has 0 spiro atoms. The van der Waals surface area contributed by atoms with Gasteiger partial charge < -0.3 is 9.88 Å². The SMILES string of the molecule is CCCN(CC)CCc1c[nH]c2ccc(F)cc12.Cl. The zero-order valence-corrected chi connectivity index (χ0v) is 12.4. The molecule has 1 aromatic heterocycles. The minimum absolute atomic E-state index is 0. The third-order valence-electron chi connectivity index (χ3n) is 3.41. The average molecular weight is 285 g/mol. The lowest BCUT2D eigenvalue weighted by Gasteiger charge is -2.18. The smallest absolute Gasteiger partial charge is 0.123 e. The van der Waals surface area contributed by atoms with E-state index in [2.05, 4.69) is 23.7 Å². The van der Waals surface area contributed by atoms with E-state index in [1.54, 1.807) is 12.1 Å². The monoisotopic (exact) mass is 284 g/mol. The van der Waals surface area contributed by atoms with E-state index < -0.39 is 0 Å². The van der Waals surface area contributed by atoms with Crippen molar-refractivity contribution in [1.82, 2.24) is 9.88 Å². The van der Waals surface area contributed by atoms with Gasteiger partial charge in [0.25, 0.3) is 0 Å². The van der Waals surface area contributed by atoms with Crippen LogP contribution in [0.3, 0.4) is 0 Å². The van der Waals surface area contributed by atoms with Crippen molar-refractivity contribution in [2.24, 2.45) is 0 Å². The summed E-state index contributed by atoms with van der Waals surface area (Å²) in [4.78, 5) is 5.63. The summed E-state index contributed by atoms with van der Waals surface area (Å²) < 4.78 is 13.3. The molecule has 1 aromatic carbocycles. The Kier molecular flexibility index (Phi) is 6.32. The molecule has 2 aromatic rings. The van der Waals surface area contributed by atoms with Crippen molar-refractivity contribution in [3.8, 4) is 0 Å². The zero-order chi connectivity index (χ0) is 13.0. The second-order valence-corrected chi connectivity index (χ2v) is 4.69. The van der Waals surface area contributed by atoms with Crippen LogP contribution < -0.4 is 0 Å². The quantitative estimate of drug-likeness (QED) is 0.849. The number of H-pyrrole nitrogens is 1. The van der Waals surface area contributed by atoms with Gasteiger partial charge in [-0.15, -0.1) is 12.4 Å². The van der Waals surface area contributed by atoms with Crippen LogP contribution in [0.4, 0.5) is 4.39 Å². The van der Waals surface area contributed by atoms with Crippen molar-refractivity contribution < 1.29 is 4.39 Å². The van der Waals surface area contributed by atoms with Gasteiger partial charge in [0.15, 0.2) is 0 Å². The molecule has 0 aliphatic heterocycles. The van der Waals surface area contributed by atoms with Crippen LogP contribution in [0.25, 0.3) is 10.9 Å². The maximum absolute atomic E-state index is 13.3. The molecule has 0 aliphatic carbocycles. The Morgan fingerprint density at radius 2 is 2.00 bits per heavy atom. The molecule has 0 saturated carbocycles. The van der Waals surface area contributed by atoms with Gasteiger partial charge in [-0.1, -0.05) is 13.8 Å². The maximum Gasteiger partial charge on any atom is 0.123 e. The number of hydrogen-bond acceptors (Lipinski definition) is 1. The first kappa shape index (κ1) is 16.0. The summed E-state index contributed by atoms with van der Waals surface area (Å²) in [6.45, 7) is 7.62. The molecule has 19 heavy (non-hydrogen) atoms.